The third kappa shape index (κ3) is 3.90. The molecule has 0 aliphatic carbocycles. The molecule has 1 atom stereocenters. The maximum Gasteiger partial charge on any atom is 0.279 e. The van der Waals surface area contributed by atoms with Gasteiger partial charge in [0.2, 0.25) is 5.88 Å². The third-order valence-corrected chi connectivity index (χ3v) is 7.21. The lowest BCUT2D eigenvalue weighted by molar-refractivity contribution is 0.0989. The van der Waals surface area contributed by atoms with E-state index in [4.69, 9.17) is 26.1 Å². The molecule has 0 saturated heterocycles. The molecule has 11 heteroatoms. The van der Waals surface area contributed by atoms with Crippen LogP contribution in [0.4, 0.5) is 5.69 Å². The van der Waals surface area contributed by atoms with Gasteiger partial charge in [0.1, 0.15) is 11.9 Å². The molecule has 4 heterocycles. The van der Waals surface area contributed by atoms with E-state index in [0.29, 0.717) is 39.4 Å². The summed E-state index contributed by atoms with van der Waals surface area (Å²) in [5.41, 5.74) is 4.88. The van der Waals surface area contributed by atoms with Gasteiger partial charge in [0.05, 0.1) is 31.1 Å². The number of pyridine rings is 1. The van der Waals surface area contributed by atoms with Crippen molar-refractivity contribution >= 4 is 34.2 Å². The first kappa shape index (κ1) is 24.9. The molecule has 0 bridgehead atoms. The number of anilines is 1. The molecule has 6 rings (SSSR count). The molecule has 1 unspecified atom stereocenters. The van der Waals surface area contributed by atoms with Crippen molar-refractivity contribution in [2.24, 2.45) is 7.05 Å². The Morgan fingerprint density at radius 3 is 2.44 bits per heavy atom. The van der Waals surface area contributed by atoms with Crippen molar-refractivity contribution in [2.75, 3.05) is 19.1 Å². The summed E-state index contributed by atoms with van der Waals surface area (Å²) in [5, 5.41) is 8.98. The Labute approximate surface area is 229 Å². The Balaban J connectivity index is 1.59. The van der Waals surface area contributed by atoms with E-state index in [-0.39, 0.29) is 11.9 Å². The summed E-state index contributed by atoms with van der Waals surface area (Å²) in [6.45, 7) is 4.15. The summed E-state index contributed by atoms with van der Waals surface area (Å²) in [5.74, 6) is 1.48. The number of carbonyl (C=O) groups is 1. The summed E-state index contributed by atoms with van der Waals surface area (Å²) in [6, 6.07) is 14.5. The van der Waals surface area contributed by atoms with E-state index in [0.717, 1.165) is 22.3 Å². The highest BCUT2D eigenvalue weighted by Gasteiger charge is 2.45. The number of aryl methyl sites for hydroxylation is 1. The van der Waals surface area contributed by atoms with Crippen molar-refractivity contribution in [3.63, 3.8) is 0 Å². The molecule has 0 fully saturated rings. The SMILES string of the molecule is COc1ccc(-c2nc3c(n2C(C)C)C(c2ccc(Cl)cc2)N(c2cc(OC)c4nnn(C)c4c2)C3=O)cn1. The predicted octanol–water partition coefficient (Wildman–Crippen LogP) is 5.23. The monoisotopic (exact) mass is 543 g/mol. The molecule has 3 aromatic heterocycles. The van der Waals surface area contributed by atoms with E-state index < -0.39 is 6.04 Å². The van der Waals surface area contributed by atoms with Crippen LogP contribution in [0.1, 0.15) is 47.7 Å². The number of ether oxygens (including phenoxy) is 2. The largest absolute Gasteiger partial charge is 0.494 e. The molecule has 10 nitrogen and oxygen atoms in total. The van der Waals surface area contributed by atoms with Gasteiger partial charge in [-0.25, -0.2) is 14.6 Å². The van der Waals surface area contributed by atoms with Crippen LogP contribution in [0, 0.1) is 0 Å². The maximum absolute atomic E-state index is 14.2. The highest BCUT2D eigenvalue weighted by Crippen LogP contribution is 2.46. The van der Waals surface area contributed by atoms with Gasteiger partial charge in [-0.05, 0) is 43.7 Å². The predicted molar refractivity (Wildman–Crippen MR) is 148 cm³/mol. The fraction of sp³-hybridized carbons (Fsp3) is 0.250. The molecule has 0 radical (unpaired) electrons. The zero-order valence-electron chi connectivity index (χ0n) is 22.1. The van der Waals surface area contributed by atoms with Crippen LogP contribution in [-0.4, -0.2) is 49.7 Å². The first-order valence-corrected chi connectivity index (χ1v) is 12.8. The van der Waals surface area contributed by atoms with Crippen LogP contribution >= 0.6 is 11.6 Å². The van der Waals surface area contributed by atoms with Gasteiger partial charge in [-0.15, -0.1) is 5.10 Å². The van der Waals surface area contributed by atoms with Gasteiger partial charge < -0.3 is 14.0 Å². The van der Waals surface area contributed by atoms with Gasteiger partial charge in [0.25, 0.3) is 5.91 Å². The smallest absolute Gasteiger partial charge is 0.279 e. The van der Waals surface area contributed by atoms with Crippen molar-refractivity contribution in [2.45, 2.75) is 25.9 Å². The normalized spacial score (nSPS) is 14.9. The number of nitrogens with zero attached hydrogens (tertiary/aromatic N) is 7. The fourth-order valence-electron chi connectivity index (χ4n) is 5.18. The van der Waals surface area contributed by atoms with Gasteiger partial charge in [-0.1, -0.05) is 28.9 Å². The Morgan fingerprint density at radius 2 is 1.79 bits per heavy atom. The van der Waals surface area contributed by atoms with E-state index in [9.17, 15) is 4.79 Å². The Morgan fingerprint density at radius 1 is 1.03 bits per heavy atom. The lowest BCUT2D eigenvalue weighted by Gasteiger charge is -2.28. The molecule has 2 aromatic carbocycles. The Hall–Kier alpha value is -4.44. The summed E-state index contributed by atoms with van der Waals surface area (Å²) in [4.78, 5) is 25.3. The molecule has 1 aliphatic rings. The Kier molecular flexibility index (Phi) is 5.99. The molecule has 0 saturated carbocycles. The topological polar surface area (TPSA) is 100 Å². The molecule has 0 spiro atoms. The van der Waals surface area contributed by atoms with Crippen LogP contribution in [0.25, 0.3) is 22.4 Å². The first-order valence-electron chi connectivity index (χ1n) is 12.4. The summed E-state index contributed by atoms with van der Waals surface area (Å²) in [7, 11) is 4.95. The van der Waals surface area contributed by atoms with E-state index in [1.807, 2.05) is 42.5 Å². The molecule has 1 aliphatic heterocycles. The molecule has 5 aromatic rings. The van der Waals surface area contributed by atoms with E-state index in [1.54, 1.807) is 43.1 Å². The lowest BCUT2D eigenvalue weighted by atomic mass is 10.0. The fourth-order valence-corrected chi connectivity index (χ4v) is 5.30. The second-order valence-corrected chi connectivity index (χ2v) is 10.0. The number of carbonyl (C=O) groups excluding carboxylic acids is 1. The van der Waals surface area contributed by atoms with Gasteiger partial charge in [0.15, 0.2) is 17.0 Å². The van der Waals surface area contributed by atoms with E-state index in [2.05, 4.69) is 33.7 Å². The van der Waals surface area contributed by atoms with Gasteiger partial charge >= 0.3 is 0 Å². The number of rotatable bonds is 6. The van der Waals surface area contributed by atoms with Crippen LogP contribution < -0.4 is 14.4 Å². The van der Waals surface area contributed by atoms with Gasteiger partial charge in [-0.2, -0.15) is 0 Å². The first-order chi connectivity index (χ1) is 18.8. The average Bonchev–Trinajstić information content (AvgIpc) is 3.60. The minimum atomic E-state index is -0.469. The number of benzene rings is 2. The van der Waals surface area contributed by atoms with Crippen molar-refractivity contribution in [3.05, 3.63) is 76.7 Å². The highest BCUT2D eigenvalue weighted by atomic mass is 35.5. The van der Waals surface area contributed by atoms with Crippen molar-refractivity contribution in [1.29, 1.82) is 0 Å². The maximum atomic E-state index is 14.2. The van der Waals surface area contributed by atoms with Crippen molar-refractivity contribution < 1.29 is 14.3 Å². The molecule has 0 N–H and O–H groups in total. The number of imidazole rings is 1. The van der Waals surface area contributed by atoms with Gasteiger partial charge in [0, 0.05) is 42.0 Å². The molecular weight excluding hydrogens is 518 g/mol. The van der Waals surface area contributed by atoms with E-state index in [1.165, 1.54) is 0 Å². The molecule has 198 valence electrons. The van der Waals surface area contributed by atoms with Crippen LogP contribution in [0.5, 0.6) is 11.6 Å². The number of hydrogen-bond donors (Lipinski definition) is 0. The Bertz CT molecular complexity index is 1710. The van der Waals surface area contributed by atoms with Crippen LogP contribution in [-0.2, 0) is 7.05 Å². The number of halogens is 1. The number of aromatic nitrogens is 6. The minimum absolute atomic E-state index is 0.000748. The molecule has 1 amide bonds. The van der Waals surface area contributed by atoms with Crippen molar-refractivity contribution in [1.82, 2.24) is 29.5 Å². The molecule has 39 heavy (non-hydrogen) atoms. The third-order valence-electron chi connectivity index (χ3n) is 6.96. The number of methoxy groups -OCH3 is 2. The quantitative estimate of drug-likeness (QED) is 0.289. The number of amides is 1. The van der Waals surface area contributed by atoms with Crippen LogP contribution in [0.15, 0.2) is 54.7 Å². The zero-order valence-corrected chi connectivity index (χ0v) is 22.8. The lowest BCUT2D eigenvalue weighted by Crippen LogP contribution is -2.30. The summed E-state index contributed by atoms with van der Waals surface area (Å²) >= 11 is 6.25. The standard InChI is InChI=1S/C28H26ClN7O3/c1-15(2)35-26-24(31-27(35)17-8-11-22(39-5)30-14-17)28(37)36(25(26)16-6-9-18(29)10-7-16)19-12-20-23(21(13-19)38-4)32-33-34(20)3/h6-15,25H,1-5H3. The second-order valence-electron chi connectivity index (χ2n) is 9.58. The molecular formula is C28H26ClN7O3. The van der Waals surface area contributed by atoms with Crippen LogP contribution in [0.3, 0.4) is 0 Å². The number of hydrogen-bond acceptors (Lipinski definition) is 7. The van der Waals surface area contributed by atoms with Crippen molar-refractivity contribution in [3.8, 4) is 23.0 Å². The summed E-state index contributed by atoms with van der Waals surface area (Å²) in [6.07, 6.45) is 1.71. The second kappa shape index (κ2) is 9.39. The average molecular weight is 544 g/mol. The zero-order chi connectivity index (χ0) is 27.4. The summed E-state index contributed by atoms with van der Waals surface area (Å²) < 4.78 is 14.6. The van der Waals surface area contributed by atoms with Crippen LogP contribution in [0.2, 0.25) is 5.02 Å². The minimum Gasteiger partial charge on any atom is -0.494 e. The highest BCUT2D eigenvalue weighted by molar-refractivity contribution is 6.30. The number of fused-ring (bicyclic) bond motifs is 2. The van der Waals surface area contributed by atoms with E-state index >= 15 is 0 Å². The van der Waals surface area contributed by atoms with Gasteiger partial charge in [-0.3, -0.25) is 9.69 Å².